The molecule has 13 heteroatoms. The van der Waals surface area contributed by atoms with Crippen molar-refractivity contribution in [1.29, 1.82) is 0 Å². The molecule has 218 valence electrons. The number of hydrogen-bond acceptors (Lipinski definition) is 7. The number of amides is 3. The van der Waals surface area contributed by atoms with E-state index in [1.54, 1.807) is 47.7 Å². The molecule has 3 amide bonds. The number of rotatable bonds is 11. The van der Waals surface area contributed by atoms with Gasteiger partial charge in [-0.15, -0.1) is 0 Å². The number of nitrogens with one attached hydrogen (secondary N) is 3. The van der Waals surface area contributed by atoms with Gasteiger partial charge in [0.25, 0.3) is 5.91 Å². The van der Waals surface area contributed by atoms with Crippen molar-refractivity contribution in [3.05, 3.63) is 71.7 Å². The molecule has 0 bridgehead atoms. The van der Waals surface area contributed by atoms with Crippen LogP contribution in [0.25, 0.3) is 16.9 Å². The Kier molecular flexibility index (Phi) is 8.00. The number of hydrogen-bond donors (Lipinski definition) is 3. The Bertz CT molecular complexity index is 1690. The van der Waals surface area contributed by atoms with Gasteiger partial charge in [0.2, 0.25) is 17.6 Å². The molecule has 0 radical (unpaired) electrons. The van der Waals surface area contributed by atoms with Crippen molar-refractivity contribution in [3.8, 4) is 17.0 Å². The predicted molar refractivity (Wildman–Crippen MR) is 150 cm³/mol. The molecule has 1 saturated heterocycles. The first-order valence-electron chi connectivity index (χ1n) is 13.2. The second-order valence-electron chi connectivity index (χ2n) is 9.82. The molecule has 1 atom stereocenters. The molecule has 0 saturated carbocycles. The van der Waals surface area contributed by atoms with E-state index in [1.165, 1.54) is 31.6 Å². The van der Waals surface area contributed by atoms with Gasteiger partial charge in [0.1, 0.15) is 6.04 Å². The van der Waals surface area contributed by atoms with Crippen LogP contribution in [0.4, 0.5) is 20.3 Å². The average molecular weight is 578 g/mol. The summed E-state index contributed by atoms with van der Waals surface area (Å²) >= 11 is 0. The van der Waals surface area contributed by atoms with Crippen LogP contribution < -0.4 is 20.7 Å². The molecule has 3 N–H and O–H groups in total. The monoisotopic (exact) mass is 577 g/mol. The summed E-state index contributed by atoms with van der Waals surface area (Å²) in [5, 5.41) is 8.70. The van der Waals surface area contributed by atoms with Crippen LogP contribution >= 0.6 is 0 Å². The van der Waals surface area contributed by atoms with E-state index in [-0.39, 0.29) is 54.6 Å². The molecule has 2 aromatic heterocycles. The number of methoxy groups -OCH3 is 1. The SMILES string of the molecule is COc1ccc(-c2cnc3c(Nc4ccc(C(=O)NCCNC(=O)CC[C@H]5C(=O)N5C)c(C)c4)nccn23)c(F)c1F. The number of imidazole rings is 1. The predicted octanol–water partition coefficient (Wildman–Crippen LogP) is 3.20. The Morgan fingerprint density at radius 3 is 2.55 bits per heavy atom. The largest absolute Gasteiger partial charge is 0.494 e. The van der Waals surface area contributed by atoms with Gasteiger partial charge >= 0.3 is 0 Å². The molecule has 0 spiro atoms. The second-order valence-corrected chi connectivity index (χ2v) is 9.82. The van der Waals surface area contributed by atoms with Gasteiger partial charge in [0.15, 0.2) is 23.0 Å². The maximum Gasteiger partial charge on any atom is 0.251 e. The third-order valence-electron chi connectivity index (χ3n) is 7.11. The molecule has 1 fully saturated rings. The van der Waals surface area contributed by atoms with Crippen LogP contribution in [0, 0.1) is 18.6 Å². The standard InChI is InChI=1S/C29H29F2N7O4/c1-16-14-17(4-5-18(16)28(40)34-11-10-32-23(39)9-7-20-29(41)37(20)2)36-26-27-35-15-21(38(27)13-12-33-26)19-6-8-22(42-3)25(31)24(19)30/h4-6,8,12-15,20H,7,9-11H2,1-3H3,(H,32,39)(H,33,36)(H,34,40)/t20-,37?/m0/s1. The fourth-order valence-corrected chi connectivity index (χ4v) is 4.69. The fraction of sp³-hybridized carbons (Fsp3) is 0.276. The van der Waals surface area contributed by atoms with Crippen LogP contribution in [0.1, 0.15) is 28.8 Å². The van der Waals surface area contributed by atoms with E-state index in [0.29, 0.717) is 40.4 Å². The zero-order valence-corrected chi connectivity index (χ0v) is 23.2. The second kappa shape index (κ2) is 11.8. The van der Waals surface area contributed by atoms with Crippen molar-refractivity contribution >= 4 is 34.9 Å². The Balaban J connectivity index is 1.20. The Labute approximate surface area is 239 Å². The van der Waals surface area contributed by atoms with Crippen molar-refractivity contribution < 1.29 is 27.9 Å². The highest BCUT2D eigenvalue weighted by Gasteiger charge is 2.41. The molecule has 0 unspecified atom stereocenters. The van der Waals surface area contributed by atoms with Gasteiger partial charge in [-0.1, -0.05) is 0 Å². The Hall–Kier alpha value is -5.07. The van der Waals surface area contributed by atoms with Crippen LogP contribution in [0.3, 0.4) is 0 Å². The van der Waals surface area contributed by atoms with Gasteiger partial charge in [-0.2, -0.15) is 4.39 Å². The van der Waals surface area contributed by atoms with E-state index >= 15 is 0 Å². The minimum Gasteiger partial charge on any atom is -0.494 e. The molecule has 3 heterocycles. The summed E-state index contributed by atoms with van der Waals surface area (Å²) in [6.45, 7) is 2.31. The number of benzene rings is 2. The summed E-state index contributed by atoms with van der Waals surface area (Å²) in [7, 11) is 2.97. The lowest BCUT2D eigenvalue weighted by molar-refractivity contribution is -0.121. The number of anilines is 2. The number of halogens is 2. The van der Waals surface area contributed by atoms with Crippen molar-refractivity contribution in [3.63, 3.8) is 0 Å². The minimum atomic E-state index is -1.09. The summed E-state index contributed by atoms with van der Waals surface area (Å²) in [5.41, 5.74) is 2.55. The first-order chi connectivity index (χ1) is 20.2. The zero-order valence-electron chi connectivity index (χ0n) is 23.2. The van der Waals surface area contributed by atoms with E-state index in [4.69, 9.17) is 4.74 Å². The molecular formula is C29H29F2N7O4. The Morgan fingerprint density at radius 2 is 1.83 bits per heavy atom. The van der Waals surface area contributed by atoms with Crippen molar-refractivity contribution in [2.24, 2.45) is 0 Å². The van der Waals surface area contributed by atoms with Gasteiger partial charge in [-0.05, 0) is 49.2 Å². The number of aryl methyl sites for hydroxylation is 1. The van der Waals surface area contributed by atoms with Crippen LogP contribution in [0.5, 0.6) is 5.75 Å². The van der Waals surface area contributed by atoms with Gasteiger partial charge in [0.05, 0.1) is 19.0 Å². The fourth-order valence-electron chi connectivity index (χ4n) is 4.69. The first-order valence-corrected chi connectivity index (χ1v) is 13.2. The van der Waals surface area contributed by atoms with E-state index in [1.807, 2.05) is 0 Å². The van der Waals surface area contributed by atoms with Crippen LogP contribution in [0.2, 0.25) is 0 Å². The molecular weight excluding hydrogens is 548 g/mol. The lowest BCUT2D eigenvalue weighted by Crippen LogP contribution is -2.35. The van der Waals surface area contributed by atoms with Gasteiger partial charge in [-0.3, -0.25) is 18.8 Å². The maximum atomic E-state index is 14.8. The summed E-state index contributed by atoms with van der Waals surface area (Å²) in [5.74, 6) is -2.35. The highest BCUT2D eigenvalue weighted by Crippen LogP contribution is 2.31. The normalized spacial score (nSPS) is 14.2. The molecule has 0 aliphatic carbocycles. The quantitative estimate of drug-likeness (QED) is 0.184. The summed E-state index contributed by atoms with van der Waals surface area (Å²) in [6, 6.07) is 7.77. The van der Waals surface area contributed by atoms with Gasteiger partial charge in [-0.25, -0.2) is 14.4 Å². The van der Waals surface area contributed by atoms with E-state index in [9.17, 15) is 23.2 Å². The third kappa shape index (κ3) is 5.71. The zero-order chi connectivity index (χ0) is 30.0. The lowest BCUT2D eigenvalue weighted by atomic mass is 10.1. The topological polar surface area (TPSA) is 130 Å². The highest BCUT2D eigenvalue weighted by molar-refractivity contribution is 5.97. The molecule has 1 aliphatic heterocycles. The minimum absolute atomic E-state index is 0.0197. The molecule has 4 aromatic rings. The number of aromatic nitrogens is 3. The van der Waals surface area contributed by atoms with Crippen molar-refractivity contribution in [1.82, 2.24) is 29.9 Å². The Morgan fingerprint density at radius 1 is 1.07 bits per heavy atom. The highest BCUT2D eigenvalue weighted by atomic mass is 19.2. The van der Waals surface area contributed by atoms with Gasteiger partial charge < -0.3 is 25.6 Å². The van der Waals surface area contributed by atoms with Crippen LogP contribution in [-0.4, -0.2) is 70.3 Å². The van der Waals surface area contributed by atoms with Crippen LogP contribution in [-0.2, 0) is 9.59 Å². The number of carbonyl (C=O) groups excluding carboxylic acids is 3. The summed E-state index contributed by atoms with van der Waals surface area (Å²) in [4.78, 5) is 46.2. The number of likely N-dealkylation sites (N-methyl/N-ethyl adjacent to an activating group) is 1. The number of ether oxygens (including phenoxy) is 1. The number of fused-ring (bicyclic) bond motifs is 1. The van der Waals surface area contributed by atoms with Crippen LogP contribution in [0.15, 0.2) is 48.9 Å². The average Bonchev–Trinajstić information content (AvgIpc) is 3.33. The third-order valence-corrected chi connectivity index (χ3v) is 7.11. The first kappa shape index (κ1) is 28.5. The van der Waals surface area contributed by atoms with Crippen molar-refractivity contribution in [2.75, 3.05) is 32.6 Å². The van der Waals surface area contributed by atoms with Gasteiger partial charge in [0, 0.05) is 55.8 Å². The molecule has 2 aromatic carbocycles. The number of nitrogens with zero attached hydrogens (tertiary/aromatic N) is 4. The molecule has 42 heavy (non-hydrogen) atoms. The summed E-state index contributed by atoms with van der Waals surface area (Å²) < 4.78 is 35.5. The maximum absolute atomic E-state index is 14.8. The molecule has 1 aliphatic rings. The molecule has 5 rings (SSSR count). The summed E-state index contributed by atoms with van der Waals surface area (Å²) in [6.07, 6.45) is 5.27. The van der Waals surface area contributed by atoms with E-state index in [2.05, 4.69) is 25.9 Å². The smallest absolute Gasteiger partial charge is 0.251 e. The van der Waals surface area contributed by atoms with Crippen molar-refractivity contribution in [2.45, 2.75) is 25.8 Å². The number of carbonyl (C=O) groups is 3. The lowest BCUT2D eigenvalue weighted by Gasteiger charge is -2.12. The molecule has 11 nitrogen and oxygen atoms in total. The van der Waals surface area contributed by atoms with E-state index < -0.39 is 11.6 Å². The van der Waals surface area contributed by atoms with E-state index in [0.717, 1.165) is 0 Å².